The molecule has 2 N–H and O–H groups in total. The molecule has 0 aromatic carbocycles. The second-order valence-electron chi connectivity index (χ2n) is 4.91. The molecule has 0 aromatic heterocycles. The minimum Gasteiger partial charge on any atom is -0.481 e. The van der Waals surface area contributed by atoms with E-state index in [0.717, 1.165) is 6.42 Å². The Balaban J connectivity index is 2.03. The molecule has 1 aliphatic carbocycles. The van der Waals surface area contributed by atoms with Gasteiger partial charge in [0.1, 0.15) is 0 Å². The number of carbonyl (C=O) groups is 2. The molecule has 2 unspecified atom stereocenters. The topological polar surface area (TPSA) is 75.6 Å². The molecule has 1 saturated carbocycles. The Bertz CT molecular complexity index is 280. The molecule has 2 atom stereocenters. The van der Waals surface area contributed by atoms with Gasteiger partial charge in [-0.1, -0.05) is 19.8 Å². The first-order chi connectivity index (χ1) is 8.59. The first-order valence-electron chi connectivity index (χ1n) is 6.69. The maximum atomic E-state index is 11.2. The van der Waals surface area contributed by atoms with Gasteiger partial charge in [-0.05, 0) is 18.8 Å². The number of nitrogens with one attached hydrogen (secondary N) is 1. The molecule has 1 fully saturated rings. The molecule has 5 heteroatoms. The van der Waals surface area contributed by atoms with Crippen molar-refractivity contribution in [1.29, 1.82) is 0 Å². The molecule has 0 saturated heterocycles. The van der Waals surface area contributed by atoms with Crippen LogP contribution in [-0.4, -0.2) is 36.2 Å². The summed E-state index contributed by atoms with van der Waals surface area (Å²) in [6.07, 6.45) is 5.06. The van der Waals surface area contributed by atoms with Crippen LogP contribution in [0.1, 0.15) is 45.4 Å². The van der Waals surface area contributed by atoms with Gasteiger partial charge < -0.3 is 15.2 Å². The second kappa shape index (κ2) is 8.08. The zero-order valence-electron chi connectivity index (χ0n) is 11.0. The van der Waals surface area contributed by atoms with Crippen molar-refractivity contribution in [3.8, 4) is 0 Å². The Morgan fingerprint density at radius 2 is 2.00 bits per heavy atom. The van der Waals surface area contributed by atoms with Crippen molar-refractivity contribution >= 4 is 11.9 Å². The molecule has 0 heterocycles. The predicted molar refractivity (Wildman–Crippen MR) is 67.3 cm³/mol. The molecule has 0 aliphatic heterocycles. The standard InChI is InChI=1S/C13H23NO4/c1-10-4-2-3-5-11(10)18-9-8-14-12(15)6-7-13(16)17/h10-11H,2-9H2,1H3,(H,14,15)(H,16,17). The molecule has 0 radical (unpaired) electrons. The molecular formula is C13H23NO4. The van der Waals surface area contributed by atoms with Gasteiger partial charge in [0.2, 0.25) is 5.91 Å². The number of hydrogen-bond acceptors (Lipinski definition) is 3. The molecule has 1 amide bonds. The van der Waals surface area contributed by atoms with Gasteiger partial charge in [-0.25, -0.2) is 0 Å². The summed E-state index contributed by atoms with van der Waals surface area (Å²) < 4.78 is 5.74. The quantitative estimate of drug-likeness (QED) is 0.679. The number of amides is 1. The van der Waals surface area contributed by atoms with Crippen LogP contribution >= 0.6 is 0 Å². The summed E-state index contributed by atoms with van der Waals surface area (Å²) in [6, 6.07) is 0. The van der Waals surface area contributed by atoms with Crippen molar-refractivity contribution in [1.82, 2.24) is 5.32 Å². The van der Waals surface area contributed by atoms with Crippen LogP contribution in [0.4, 0.5) is 0 Å². The van der Waals surface area contributed by atoms with Gasteiger partial charge in [-0.3, -0.25) is 9.59 Å². The number of hydrogen-bond donors (Lipinski definition) is 2. The van der Waals surface area contributed by atoms with E-state index in [-0.39, 0.29) is 18.7 Å². The highest BCUT2D eigenvalue weighted by molar-refractivity contribution is 5.80. The summed E-state index contributed by atoms with van der Waals surface area (Å²) in [7, 11) is 0. The monoisotopic (exact) mass is 257 g/mol. The number of rotatable bonds is 7. The average Bonchev–Trinajstić information content (AvgIpc) is 2.34. The lowest BCUT2D eigenvalue weighted by Gasteiger charge is -2.28. The summed E-state index contributed by atoms with van der Waals surface area (Å²) >= 11 is 0. The van der Waals surface area contributed by atoms with Gasteiger partial charge in [0, 0.05) is 13.0 Å². The molecule has 0 spiro atoms. The fourth-order valence-electron chi connectivity index (χ4n) is 2.24. The third-order valence-corrected chi connectivity index (χ3v) is 3.35. The SMILES string of the molecule is CC1CCCCC1OCCNC(=O)CCC(=O)O. The van der Waals surface area contributed by atoms with Crippen LogP contribution in [0.5, 0.6) is 0 Å². The van der Waals surface area contributed by atoms with E-state index >= 15 is 0 Å². The number of carbonyl (C=O) groups excluding carboxylic acids is 1. The Morgan fingerprint density at radius 1 is 1.28 bits per heavy atom. The lowest BCUT2D eigenvalue weighted by molar-refractivity contribution is -0.138. The fourth-order valence-corrected chi connectivity index (χ4v) is 2.24. The van der Waals surface area contributed by atoms with Gasteiger partial charge in [0.05, 0.1) is 19.1 Å². The Labute approximate surface area is 108 Å². The van der Waals surface area contributed by atoms with Crippen molar-refractivity contribution in [2.45, 2.75) is 51.6 Å². The Morgan fingerprint density at radius 3 is 2.67 bits per heavy atom. The molecule has 1 aliphatic rings. The molecule has 18 heavy (non-hydrogen) atoms. The lowest BCUT2D eigenvalue weighted by Crippen LogP contribution is -2.31. The molecule has 104 valence electrons. The number of carboxylic acid groups (broad SMARTS) is 1. The van der Waals surface area contributed by atoms with E-state index in [1.165, 1.54) is 19.3 Å². The highest BCUT2D eigenvalue weighted by atomic mass is 16.5. The van der Waals surface area contributed by atoms with Crippen LogP contribution in [0.15, 0.2) is 0 Å². The first-order valence-corrected chi connectivity index (χ1v) is 6.69. The van der Waals surface area contributed by atoms with Crippen LogP contribution in [-0.2, 0) is 14.3 Å². The van der Waals surface area contributed by atoms with Crippen molar-refractivity contribution in [3.05, 3.63) is 0 Å². The normalized spacial score (nSPS) is 23.6. The molecule has 0 aromatic rings. The van der Waals surface area contributed by atoms with E-state index in [1.807, 2.05) is 0 Å². The van der Waals surface area contributed by atoms with Crippen molar-refractivity contribution in [2.24, 2.45) is 5.92 Å². The lowest BCUT2D eigenvalue weighted by atomic mass is 9.88. The summed E-state index contributed by atoms with van der Waals surface area (Å²) in [5.41, 5.74) is 0. The highest BCUT2D eigenvalue weighted by Crippen LogP contribution is 2.25. The maximum Gasteiger partial charge on any atom is 0.303 e. The second-order valence-corrected chi connectivity index (χ2v) is 4.91. The molecule has 5 nitrogen and oxygen atoms in total. The first kappa shape index (κ1) is 15.0. The number of ether oxygens (including phenoxy) is 1. The van der Waals surface area contributed by atoms with Crippen LogP contribution in [0, 0.1) is 5.92 Å². The van der Waals surface area contributed by atoms with Crippen molar-refractivity contribution in [2.75, 3.05) is 13.2 Å². The maximum absolute atomic E-state index is 11.2. The van der Waals surface area contributed by atoms with Crippen LogP contribution in [0.2, 0.25) is 0 Å². The van der Waals surface area contributed by atoms with Crippen molar-refractivity contribution < 1.29 is 19.4 Å². The smallest absolute Gasteiger partial charge is 0.303 e. The van der Waals surface area contributed by atoms with Gasteiger partial charge in [-0.15, -0.1) is 0 Å². The molecule has 1 rings (SSSR count). The average molecular weight is 257 g/mol. The third-order valence-electron chi connectivity index (χ3n) is 3.35. The Kier molecular flexibility index (Phi) is 6.72. The third kappa shape index (κ3) is 6.00. The summed E-state index contributed by atoms with van der Waals surface area (Å²) in [6.45, 7) is 3.17. The highest BCUT2D eigenvalue weighted by Gasteiger charge is 2.21. The summed E-state index contributed by atoms with van der Waals surface area (Å²) in [4.78, 5) is 21.5. The van der Waals surface area contributed by atoms with Crippen LogP contribution in [0.25, 0.3) is 0 Å². The minimum absolute atomic E-state index is 0.0369. The van der Waals surface area contributed by atoms with E-state index in [4.69, 9.17) is 9.84 Å². The van der Waals surface area contributed by atoms with E-state index in [1.54, 1.807) is 0 Å². The predicted octanol–water partition coefficient (Wildman–Crippen LogP) is 1.56. The summed E-state index contributed by atoms with van der Waals surface area (Å²) in [5.74, 6) is -0.573. The zero-order chi connectivity index (χ0) is 13.4. The fraction of sp³-hybridized carbons (Fsp3) is 0.846. The van der Waals surface area contributed by atoms with Gasteiger partial charge in [-0.2, -0.15) is 0 Å². The largest absolute Gasteiger partial charge is 0.481 e. The van der Waals surface area contributed by atoms with Gasteiger partial charge in [0.25, 0.3) is 0 Å². The zero-order valence-corrected chi connectivity index (χ0v) is 11.0. The van der Waals surface area contributed by atoms with E-state index in [9.17, 15) is 9.59 Å². The van der Waals surface area contributed by atoms with Crippen LogP contribution in [0.3, 0.4) is 0 Å². The van der Waals surface area contributed by atoms with Crippen molar-refractivity contribution in [3.63, 3.8) is 0 Å². The Hall–Kier alpha value is -1.10. The minimum atomic E-state index is -0.947. The molecular weight excluding hydrogens is 234 g/mol. The number of aliphatic carboxylic acids is 1. The van der Waals surface area contributed by atoms with E-state index < -0.39 is 5.97 Å². The van der Waals surface area contributed by atoms with E-state index in [2.05, 4.69) is 12.2 Å². The number of carboxylic acids is 1. The van der Waals surface area contributed by atoms with Gasteiger partial charge >= 0.3 is 5.97 Å². The van der Waals surface area contributed by atoms with Gasteiger partial charge in [0.15, 0.2) is 0 Å². The molecule has 0 bridgehead atoms. The van der Waals surface area contributed by atoms with Crippen LogP contribution < -0.4 is 5.32 Å². The van der Waals surface area contributed by atoms with E-state index in [0.29, 0.717) is 25.2 Å². The summed E-state index contributed by atoms with van der Waals surface area (Å²) in [5, 5.41) is 11.1.